The predicted molar refractivity (Wildman–Crippen MR) is 81.3 cm³/mol. The molecule has 2 aromatic rings. The van der Waals surface area contributed by atoms with Crippen LogP contribution in [-0.2, 0) is 10.1 Å². The van der Waals surface area contributed by atoms with Gasteiger partial charge < -0.3 is 19.1 Å². The molecule has 0 saturated carbocycles. The number of ether oxygens (including phenoxy) is 1. The molecule has 0 atom stereocenters. The Bertz CT molecular complexity index is 778. The Morgan fingerprint density at radius 2 is 1.59 bits per heavy atom. The summed E-state index contributed by atoms with van der Waals surface area (Å²) in [5, 5.41) is 19.4. The largest absolute Gasteiger partial charge is 0.504 e. The van der Waals surface area contributed by atoms with Crippen LogP contribution in [0.25, 0.3) is 6.08 Å². The highest BCUT2D eigenvalue weighted by Gasteiger charge is 2.08. The molecule has 0 aliphatic heterocycles. The Kier molecular flexibility index (Phi) is 4.57. The van der Waals surface area contributed by atoms with Crippen molar-refractivity contribution >= 4 is 16.2 Å². The van der Waals surface area contributed by atoms with E-state index in [0.29, 0.717) is 11.3 Å². The number of phenols is 2. The van der Waals surface area contributed by atoms with Gasteiger partial charge in [0.15, 0.2) is 11.5 Å². The van der Waals surface area contributed by atoms with Crippen LogP contribution in [0.3, 0.4) is 0 Å². The molecule has 6 nitrogen and oxygen atoms in total. The van der Waals surface area contributed by atoms with Gasteiger partial charge in [0.2, 0.25) is 0 Å². The lowest BCUT2D eigenvalue weighted by Crippen LogP contribution is -2.04. The van der Waals surface area contributed by atoms with Gasteiger partial charge in [0.05, 0.1) is 12.5 Å². The first-order chi connectivity index (χ1) is 10.4. The normalized spacial score (nSPS) is 11.5. The smallest absolute Gasteiger partial charge is 0.332 e. The molecule has 0 fully saturated rings. The van der Waals surface area contributed by atoms with Gasteiger partial charge >= 0.3 is 10.1 Å². The SMILES string of the molecule is COc1ccc(OS(=O)(=O)/C=C/c2ccc(O)c(O)c2)cc1. The van der Waals surface area contributed by atoms with Gasteiger partial charge in [-0.1, -0.05) is 6.07 Å². The third kappa shape index (κ3) is 4.16. The van der Waals surface area contributed by atoms with Crippen molar-refractivity contribution in [2.45, 2.75) is 0 Å². The Balaban J connectivity index is 2.12. The molecule has 0 radical (unpaired) electrons. The van der Waals surface area contributed by atoms with Crippen LogP contribution in [0.5, 0.6) is 23.0 Å². The third-order valence-corrected chi connectivity index (χ3v) is 3.59. The fraction of sp³-hybridized carbons (Fsp3) is 0.0667. The van der Waals surface area contributed by atoms with E-state index in [4.69, 9.17) is 8.92 Å². The molecular formula is C15H14O6S. The Morgan fingerprint density at radius 1 is 0.955 bits per heavy atom. The molecule has 0 spiro atoms. The van der Waals surface area contributed by atoms with E-state index in [1.54, 1.807) is 12.1 Å². The number of hydrogen-bond donors (Lipinski definition) is 2. The van der Waals surface area contributed by atoms with Gasteiger partial charge in [-0.05, 0) is 48.0 Å². The molecule has 7 heteroatoms. The summed E-state index contributed by atoms with van der Waals surface area (Å²) in [5.74, 6) is 0.115. The van der Waals surface area contributed by atoms with E-state index >= 15 is 0 Å². The number of rotatable bonds is 5. The zero-order valence-electron chi connectivity index (χ0n) is 11.6. The summed E-state index contributed by atoms with van der Waals surface area (Å²) in [5.41, 5.74) is 0.400. The first kappa shape index (κ1) is 15.7. The standard InChI is InChI=1S/C15H14O6S/c1-20-12-3-5-13(6-4-12)21-22(18,19)9-8-11-2-7-14(16)15(17)10-11/h2-10,16-17H,1H3/b9-8+. The topological polar surface area (TPSA) is 93.1 Å². The van der Waals surface area contributed by atoms with Gasteiger partial charge in [-0.2, -0.15) is 8.42 Å². The molecule has 2 aromatic carbocycles. The first-order valence-electron chi connectivity index (χ1n) is 6.18. The Labute approximate surface area is 128 Å². The van der Waals surface area contributed by atoms with Crippen LogP contribution >= 0.6 is 0 Å². The fourth-order valence-electron chi connectivity index (χ4n) is 1.60. The van der Waals surface area contributed by atoms with Crippen LogP contribution in [0.2, 0.25) is 0 Å². The zero-order chi connectivity index (χ0) is 16.2. The number of benzene rings is 2. The van der Waals surface area contributed by atoms with Gasteiger partial charge in [-0.25, -0.2) is 0 Å². The van der Waals surface area contributed by atoms with Crippen molar-refractivity contribution in [2.24, 2.45) is 0 Å². The predicted octanol–water partition coefficient (Wildman–Crippen LogP) is 2.49. The van der Waals surface area contributed by atoms with E-state index in [9.17, 15) is 18.6 Å². The average Bonchev–Trinajstić information content (AvgIpc) is 2.49. The molecule has 22 heavy (non-hydrogen) atoms. The van der Waals surface area contributed by atoms with E-state index in [2.05, 4.69) is 0 Å². The van der Waals surface area contributed by atoms with Gasteiger partial charge in [0, 0.05) is 0 Å². The average molecular weight is 322 g/mol. The molecule has 2 rings (SSSR count). The number of aromatic hydroxyl groups is 2. The van der Waals surface area contributed by atoms with Crippen LogP contribution in [0.4, 0.5) is 0 Å². The second-order valence-corrected chi connectivity index (χ2v) is 5.73. The van der Waals surface area contributed by atoms with E-state index < -0.39 is 10.1 Å². The van der Waals surface area contributed by atoms with Crippen LogP contribution in [0.1, 0.15) is 5.56 Å². The monoisotopic (exact) mass is 322 g/mol. The molecule has 2 N–H and O–H groups in total. The van der Waals surface area contributed by atoms with Crippen molar-refractivity contribution < 1.29 is 27.6 Å². The van der Waals surface area contributed by atoms with E-state index in [-0.39, 0.29) is 17.2 Å². The Hall–Kier alpha value is -2.67. The summed E-state index contributed by atoms with van der Waals surface area (Å²) in [7, 11) is -2.44. The lowest BCUT2D eigenvalue weighted by Gasteiger charge is -2.04. The van der Waals surface area contributed by atoms with Gasteiger partial charge in [-0.3, -0.25) is 0 Å². The Morgan fingerprint density at radius 3 is 2.18 bits per heavy atom. The van der Waals surface area contributed by atoms with Crippen molar-refractivity contribution in [2.75, 3.05) is 7.11 Å². The van der Waals surface area contributed by atoms with Crippen molar-refractivity contribution in [1.82, 2.24) is 0 Å². The number of hydrogen-bond acceptors (Lipinski definition) is 6. The quantitative estimate of drug-likeness (QED) is 0.649. The lowest BCUT2D eigenvalue weighted by molar-refractivity contribution is 0.403. The molecule has 0 heterocycles. The van der Waals surface area contributed by atoms with Crippen molar-refractivity contribution in [3.8, 4) is 23.0 Å². The fourth-order valence-corrected chi connectivity index (χ4v) is 2.36. The molecule has 0 unspecified atom stereocenters. The second-order valence-electron chi connectivity index (χ2n) is 4.30. The number of methoxy groups -OCH3 is 1. The summed E-state index contributed by atoms with van der Waals surface area (Å²) >= 11 is 0. The maximum absolute atomic E-state index is 11.8. The maximum atomic E-state index is 11.8. The molecule has 0 aliphatic carbocycles. The molecule has 0 bridgehead atoms. The molecule has 0 amide bonds. The second kappa shape index (κ2) is 6.40. The zero-order valence-corrected chi connectivity index (χ0v) is 12.4. The minimum Gasteiger partial charge on any atom is -0.504 e. The van der Waals surface area contributed by atoms with Gasteiger partial charge in [0.25, 0.3) is 0 Å². The summed E-state index contributed by atoms with van der Waals surface area (Å²) < 4.78 is 33.5. The highest BCUT2D eigenvalue weighted by atomic mass is 32.2. The van der Waals surface area contributed by atoms with E-state index in [0.717, 1.165) is 5.41 Å². The van der Waals surface area contributed by atoms with Crippen LogP contribution in [0, 0.1) is 0 Å². The maximum Gasteiger partial charge on any atom is 0.332 e. The van der Waals surface area contributed by atoms with Crippen LogP contribution < -0.4 is 8.92 Å². The summed E-state index contributed by atoms with van der Waals surface area (Å²) in [6.45, 7) is 0. The van der Waals surface area contributed by atoms with Crippen LogP contribution in [0.15, 0.2) is 47.9 Å². The summed E-state index contributed by atoms with van der Waals surface area (Å²) in [6.07, 6.45) is 1.25. The van der Waals surface area contributed by atoms with Crippen molar-refractivity contribution in [3.05, 3.63) is 53.4 Å². The third-order valence-electron chi connectivity index (χ3n) is 2.70. The highest BCUT2D eigenvalue weighted by Crippen LogP contribution is 2.25. The highest BCUT2D eigenvalue weighted by molar-refractivity contribution is 7.90. The van der Waals surface area contributed by atoms with E-state index in [1.807, 2.05) is 0 Å². The lowest BCUT2D eigenvalue weighted by atomic mass is 10.2. The molecule has 0 saturated heterocycles. The summed E-state index contributed by atoms with van der Waals surface area (Å²) in [4.78, 5) is 0. The molecular weight excluding hydrogens is 308 g/mol. The van der Waals surface area contributed by atoms with Crippen molar-refractivity contribution in [1.29, 1.82) is 0 Å². The molecule has 0 aliphatic rings. The first-order valence-corrected chi connectivity index (χ1v) is 7.65. The van der Waals surface area contributed by atoms with Crippen molar-refractivity contribution in [3.63, 3.8) is 0 Å². The molecule has 0 aromatic heterocycles. The summed E-state index contributed by atoms with van der Waals surface area (Å²) in [6, 6.07) is 10.0. The van der Waals surface area contributed by atoms with E-state index in [1.165, 1.54) is 43.5 Å². The van der Waals surface area contributed by atoms with Gasteiger partial charge in [-0.15, -0.1) is 0 Å². The minimum absolute atomic E-state index is 0.152. The minimum atomic E-state index is -3.94. The van der Waals surface area contributed by atoms with Gasteiger partial charge in [0.1, 0.15) is 11.5 Å². The molecule has 116 valence electrons. The van der Waals surface area contributed by atoms with Crippen LogP contribution in [-0.4, -0.2) is 25.7 Å². The number of phenolic OH excluding ortho intramolecular Hbond substituents is 2.